The van der Waals surface area contributed by atoms with E-state index in [1.54, 1.807) is 6.08 Å². The van der Waals surface area contributed by atoms with Gasteiger partial charge in [-0.25, -0.2) is 4.79 Å². The first-order chi connectivity index (χ1) is 16.5. The Labute approximate surface area is 215 Å². The molecule has 1 aliphatic heterocycles. The molecule has 3 saturated carbocycles. The summed E-state index contributed by atoms with van der Waals surface area (Å²) in [6.45, 7) is 14.0. The van der Waals surface area contributed by atoms with Crippen molar-refractivity contribution in [3.05, 3.63) is 23.3 Å². The van der Waals surface area contributed by atoms with Gasteiger partial charge in [0, 0.05) is 28.7 Å². The Bertz CT molecular complexity index is 1050. The molecule has 5 rings (SSSR count). The number of aliphatic hydroxyl groups excluding tert-OH is 2. The number of cyclic esters (lactones) is 1. The number of esters is 1. The summed E-state index contributed by atoms with van der Waals surface area (Å²) in [4.78, 5) is 25.9. The summed E-state index contributed by atoms with van der Waals surface area (Å²) in [7, 11) is 0. The van der Waals surface area contributed by atoms with Crippen LogP contribution in [-0.2, 0) is 14.3 Å². The molecule has 5 aliphatic rings. The van der Waals surface area contributed by atoms with Gasteiger partial charge < -0.3 is 20.1 Å². The maximum absolute atomic E-state index is 13.0. The van der Waals surface area contributed by atoms with Crippen LogP contribution < -0.4 is 0 Å². The van der Waals surface area contributed by atoms with Crippen LogP contribution in [-0.4, -0.2) is 51.0 Å². The van der Waals surface area contributed by atoms with Crippen LogP contribution in [0.3, 0.4) is 0 Å². The van der Waals surface area contributed by atoms with Crippen LogP contribution in [0.25, 0.3) is 0 Å². The molecule has 0 aromatic rings. The molecular formula is C30H44O6. The highest BCUT2D eigenvalue weighted by atomic mass is 16.6. The van der Waals surface area contributed by atoms with Gasteiger partial charge in [0.05, 0.1) is 11.7 Å². The topological polar surface area (TPSA) is 104 Å². The zero-order valence-corrected chi connectivity index (χ0v) is 22.9. The van der Waals surface area contributed by atoms with Gasteiger partial charge in [-0.05, 0) is 74.7 Å². The molecule has 0 bridgehead atoms. The van der Waals surface area contributed by atoms with Gasteiger partial charge in [0.15, 0.2) is 0 Å². The van der Waals surface area contributed by atoms with Crippen molar-refractivity contribution in [1.82, 2.24) is 0 Å². The Morgan fingerprint density at radius 2 is 1.75 bits per heavy atom. The number of hydrogen-bond donors (Lipinski definition) is 3. The Morgan fingerprint density at radius 1 is 1.08 bits per heavy atom. The first-order valence-corrected chi connectivity index (χ1v) is 13.7. The largest absolute Gasteiger partial charge is 0.452 e. The third-order valence-corrected chi connectivity index (χ3v) is 11.7. The van der Waals surface area contributed by atoms with Crippen molar-refractivity contribution < 1.29 is 29.6 Å². The van der Waals surface area contributed by atoms with Gasteiger partial charge in [0.25, 0.3) is 0 Å². The summed E-state index contributed by atoms with van der Waals surface area (Å²) in [5.41, 5.74) is -0.737. The summed E-state index contributed by atoms with van der Waals surface area (Å²) in [5.74, 6) is 0.228. The van der Waals surface area contributed by atoms with Crippen molar-refractivity contribution in [2.45, 2.75) is 111 Å². The van der Waals surface area contributed by atoms with E-state index in [-0.39, 0.29) is 28.6 Å². The van der Waals surface area contributed by atoms with Crippen molar-refractivity contribution in [2.75, 3.05) is 0 Å². The lowest BCUT2D eigenvalue weighted by atomic mass is 9.37. The second kappa shape index (κ2) is 7.77. The molecule has 1 heterocycles. The highest BCUT2D eigenvalue weighted by molar-refractivity contribution is 5.92. The summed E-state index contributed by atoms with van der Waals surface area (Å²) in [6, 6.07) is 0. The number of allylic oxidation sites excluding steroid dienone is 1. The third-order valence-electron chi connectivity index (χ3n) is 11.7. The molecule has 36 heavy (non-hydrogen) atoms. The van der Waals surface area contributed by atoms with E-state index in [1.165, 1.54) is 19.4 Å². The molecule has 0 spiro atoms. The van der Waals surface area contributed by atoms with Crippen LogP contribution in [0.15, 0.2) is 23.3 Å². The number of Topliss-reactive ketones (excluding diaryl/α,β-unsaturated/α-hetero) is 1. The molecule has 3 N–H and O–H groups in total. The molecule has 1 unspecified atom stereocenters. The fraction of sp³-hybridized carbons (Fsp3) is 0.800. The van der Waals surface area contributed by atoms with Crippen LogP contribution >= 0.6 is 0 Å². The molecule has 0 saturated heterocycles. The molecule has 0 aromatic carbocycles. The van der Waals surface area contributed by atoms with E-state index < -0.39 is 40.7 Å². The maximum Gasteiger partial charge on any atom is 0.334 e. The van der Waals surface area contributed by atoms with E-state index >= 15 is 0 Å². The maximum atomic E-state index is 13.0. The van der Waals surface area contributed by atoms with Gasteiger partial charge in [-0.15, -0.1) is 0 Å². The smallest absolute Gasteiger partial charge is 0.334 e. The average Bonchev–Trinajstić information content (AvgIpc) is 3.32. The lowest BCUT2D eigenvalue weighted by Crippen LogP contribution is -2.64. The average molecular weight is 501 g/mol. The number of ketones is 1. The molecule has 0 amide bonds. The lowest BCUT2D eigenvalue weighted by molar-refractivity contribution is -0.190. The molecule has 0 radical (unpaired) electrons. The van der Waals surface area contributed by atoms with E-state index in [0.29, 0.717) is 30.6 Å². The van der Waals surface area contributed by atoms with E-state index in [4.69, 9.17) is 4.74 Å². The summed E-state index contributed by atoms with van der Waals surface area (Å²) in [6.07, 6.45) is 5.97. The molecule has 9 atom stereocenters. The van der Waals surface area contributed by atoms with Crippen LogP contribution in [0.5, 0.6) is 0 Å². The fourth-order valence-corrected chi connectivity index (χ4v) is 9.52. The molecule has 0 aromatic heterocycles. The van der Waals surface area contributed by atoms with E-state index in [9.17, 15) is 24.9 Å². The number of aliphatic hydroxyl groups is 3. The first-order valence-electron chi connectivity index (χ1n) is 13.7. The molecule has 6 heteroatoms. The number of hydrogen-bond acceptors (Lipinski definition) is 6. The van der Waals surface area contributed by atoms with Crippen LogP contribution in [0.2, 0.25) is 0 Å². The van der Waals surface area contributed by atoms with Gasteiger partial charge in [-0.3, -0.25) is 4.79 Å². The Morgan fingerprint density at radius 3 is 2.39 bits per heavy atom. The SMILES string of the molecule is CC(C)(O)[C@H](O)C1C=C([C@@H]2CC=C3[C@]4(C)[C@H](O)C[C@H]5C(C)(C)C(=O)CC[C@]5(C)[C@H]4CC[C@]32C)C(=O)O1. The normalized spacial score (nSPS) is 46.8. The third kappa shape index (κ3) is 3.26. The standard InChI is InChI=1S/C30H44O6/c1-26(2)21-15-23(32)30(7)19-9-8-17(16-14-18(36-25(16)34)24(33)27(3,4)35)28(19,5)12-10-20(30)29(21,6)13-11-22(26)31/h9,14,17-18,20-21,23-24,32-33,35H,8,10-13,15H2,1-7H3/t17-,18?,20+,21-,23+,24+,28-,29+,30-/m0/s1. The molecule has 3 fully saturated rings. The minimum absolute atomic E-state index is 0.0287. The van der Waals surface area contributed by atoms with Gasteiger partial charge in [-0.2, -0.15) is 0 Å². The minimum atomic E-state index is -1.39. The van der Waals surface area contributed by atoms with E-state index in [0.717, 1.165) is 19.3 Å². The van der Waals surface area contributed by atoms with Gasteiger partial charge >= 0.3 is 5.97 Å². The lowest BCUT2D eigenvalue weighted by Gasteiger charge is -2.67. The van der Waals surface area contributed by atoms with Crippen molar-refractivity contribution in [3.63, 3.8) is 0 Å². The van der Waals surface area contributed by atoms with Gasteiger partial charge in [0.1, 0.15) is 18.0 Å². The number of rotatable bonds is 3. The first kappa shape index (κ1) is 26.1. The van der Waals surface area contributed by atoms with Crippen molar-refractivity contribution >= 4 is 11.8 Å². The van der Waals surface area contributed by atoms with Crippen molar-refractivity contribution in [1.29, 1.82) is 0 Å². The molecule has 200 valence electrons. The Balaban J connectivity index is 1.49. The second-order valence-corrected chi connectivity index (χ2v) is 14.2. The summed E-state index contributed by atoms with van der Waals surface area (Å²) < 4.78 is 5.53. The van der Waals surface area contributed by atoms with E-state index in [2.05, 4.69) is 40.7 Å². The minimum Gasteiger partial charge on any atom is -0.452 e. The van der Waals surface area contributed by atoms with Crippen LogP contribution in [0, 0.1) is 39.4 Å². The molecular weight excluding hydrogens is 456 g/mol. The summed E-state index contributed by atoms with van der Waals surface area (Å²) in [5, 5.41) is 32.6. The predicted molar refractivity (Wildman–Crippen MR) is 136 cm³/mol. The van der Waals surface area contributed by atoms with Gasteiger partial charge in [0.2, 0.25) is 0 Å². The number of fused-ring (bicyclic) bond motifs is 5. The summed E-state index contributed by atoms with van der Waals surface area (Å²) >= 11 is 0. The van der Waals surface area contributed by atoms with Crippen LogP contribution in [0.4, 0.5) is 0 Å². The molecule has 4 aliphatic carbocycles. The zero-order chi connectivity index (χ0) is 26.6. The highest BCUT2D eigenvalue weighted by Crippen LogP contribution is 2.72. The highest BCUT2D eigenvalue weighted by Gasteiger charge is 2.68. The Hall–Kier alpha value is -1.50. The van der Waals surface area contributed by atoms with E-state index in [1.807, 2.05) is 0 Å². The van der Waals surface area contributed by atoms with Gasteiger partial charge in [-0.1, -0.05) is 46.3 Å². The van der Waals surface area contributed by atoms with Crippen molar-refractivity contribution in [2.24, 2.45) is 39.4 Å². The predicted octanol–water partition coefficient (Wildman–Crippen LogP) is 4.12. The zero-order valence-electron chi connectivity index (χ0n) is 22.9. The second-order valence-electron chi connectivity index (χ2n) is 14.2. The number of carbonyl (C=O) groups is 2. The quantitative estimate of drug-likeness (QED) is 0.398. The monoisotopic (exact) mass is 500 g/mol. The van der Waals surface area contributed by atoms with Crippen molar-refractivity contribution in [3.8, 4) is 0 Å². The molecule has 6 nitrogen and oxygen atoms in total. The number of ether oxygens (including phenoxy) is 1. The number of carbonyl (C=O) groups excluding carboxylic acids is 2. The fourth-order valence-electron chi connectivity index (χ4n) is 9.52. The van der Waals surface area contributed by atoms with Crippen LogP contribution in [0.1, 0.15) is 87.0 Å². The Kier molecular flexibility index (Phi) is 5.63.